The summed E-state index contributed by atoms with van der Waals surface area (Å²) in [5, 5.41) is 0. The third-order valence-corrected chi connectivity index (χ3v) is 1.22. The van der Waals surface area contributed by atoms with Gasteiger partial charge in [-0.25, -0.2) is 0 Å². The van der Waals surface area contributed by atoms with E-state index < -0.39 is 15.1 Å². The lowest BCUT2D eigenvalue weighted by Crippen LogP contribution is -2.12. The van der Waals surface area contributed by atoms with E-state index in [2.05, 4.69) is 15.6 Å². The van der Waals surface area contributed by atoms with Gasteiger partial charge in [-0.05, 0) is 0 Å². The molecular formula is ClF2NO3S. The Morgan fingerprint density at radius 1 is 1.50 bits per heavy atom. The van der Waals surface area contributed by atoms with Gasteiger partial charge in [0.25, 0.3) is 0 Å². The Hall–Kier alpha value is 0.0200. The Morgan fingerprint density at radius 3 is 1.88 bits per heavy atom. The van der Waals surface area contributed by atoms with Crippen LogP contribution in [0.25, 0.3) is 0 Å². The van der Waals surface area contributed by atoms with Crippen LogP contribution in [-0.4, -0.2) is 13.2 Å². The average molecular weight is 168 g/mol. The van der Waals surface area contributed by atoms with Crippen LogP contribution < -0.4 is 0 Å². The normalized spacial score (nSPS) is 12.5. The SMILES string of the molecule is O=S(=O)(OCl)N(F)F. The second-order valence-corrected chi connectivity index (χ2v) is 2.33. The topological polar surface area (TPSA) is 46.6 Å². The molecule has 0 fully saturated rings. The highest BCUT2D eigenvalue weighted by Crippen LogP contribution is 2.04. The highest BCUT2D eigenvalue weighted by molar-refractivity contribution is 7.84. The summed E-state index contributed by atoms with van der Waals surface area (Å²) in [7, 11) is -4.97. The minimum Gasteiger partial charge on any atom is -0.175 e. The third-order valence-electron chi connectivity index (χ3n) is 0.249. The van der Waals surface area contributed by atoms with Crippen molar-refractivity contribution < 1.29 is 21.1 Å². The van der Waals surface area contributed by atoms with Gasteiger partial charge in [-0.15, -0.1) is 3.74 Å². The van der Waals surface area contributed by atoms with Crippen molar-refractivity contribution in [3.63, 3.8) is 0 Å². The molecule has 0 radical (unpaired) electrons. The molecule has 0 aliphatic heterocycles. The van der Waals surface area contributed by atoms with E-state index >= 15 is 0 Å². The van der Waals surface area contributed by atoms with Crippen LogP contribution in [0.2, 0.25) is 0 Å². The Morgan fingerprint density at radius 2 is 1.88 bits per heavy atom. The summed E-state index contributed by atoms with van der Waals surface area (Å²) in [6.45, 7) is 0. The van der Waals surface area contributed by atoms with Crippen molar-refractivity contribution in [2.45, 2.75) is 0 Å². The molecule has 4 nitrogen and oxygen atoms in total. The van der Waals surface area contributed by atoms with Crippen molar-refractivity contribution in [2.24, 2.45) is 0 Å². The molecule has 0 saturated carbocycles. The molecule has 0 bridgehead atoms. The van der Waals surface area contributed by atoms with E-state index in [4.69, 9.17) is 0 Å². The second-order valence-electron chi connectivity index (χ2n) is 0.693. The van der Waals surface area contributed by atoms with E-state index in [9.17, 15) is 17.4 Å². The van der Waals surface area contributed by atoms with Gasteiger partial charge in [-0.3, -0.25) is 0 Å². The number of halogens is 3. The van der Waals surface area contributed by atoms with Gasteiger partial charge in [-0.2, -0.15) is 8.42 Å². The third kappa shape index (κ3) is 1.86. The van der Waals surface area contributed by atoms with Gasteiger partial charge in [0.05, 0.1) is 11.9 Å². The summed E-state index contributed by atoms with van der Waals surface area (Å²) in [4.78, 5) is 0. The maximum atomic E-state index is 10.8. The largest absolute Gasteiger partial charge is 0.409 e. The lowest BCUT2D eigenvalue weighted by Gasteiger charge is -1.93. The molecule has 0 aromatic rings. The maximum Gasteiger partial charge on any atom is 0.409 e. The van der Waals surface area contributed by atoms with Crippen molar-refractivity contribution in [1.29, 1.82) is 0 Å². The number of rotatable bonds is 2. The van der Waals surface area contributed by atoms with Gasteiger partial charge < -0.3 is 0 Å². The molecule has 0 aromatic carbocycles. The van der Waals surface area contributed by atoms with Crippen molar-refractivity contribution >= 4 is 22.2 Å². The highest BCUT2D eigenvalue weighted by Gasteiger charge is 2.21. The molecule has 0 N–H and O–H groups in total. The minimum absolute atomic E-state index is 2.14. The standard InChI is InChI=1S/ClF2NO3S/c1-7-8(5,6)4(2)3. The minimum atomic E-state index is -4.97. The molecule has 0 heterocycles. The predicted molar refractivity (Wildman–Crippen MR) is 19.9 cm³/mol. The Labute approximate surface area is 48.9 Å². The first-order valence-electron chi connectivity index (χ1n) is 1.17. The second kappa shape index (κ2) is 2.53. The fourth-order valence-electron chi connectivity index (χ4n) is 0.0213. The quantitative estimate of drug-likeness (QED) is 0.562. The predicted octanol–water partition coefficient (Wildman–Crippen LogP) is 0.473. The van der Waals surface area contributed by atoms with E-state index in [-0.39, 0.29) is 0 Å². The molecule has 0 saturated heterocycles. The van der Waals surface area contributed by atoms with Crippen LogP contribution in [0.15, 0.2) is 0 Å². The van der Waals surface area contributed by atoms with Gasteiger partial charge in [0.2, 0.25) is 0 Å². The molecule has 0 aliphatic carbocycles. The summed E-state index contributed by atoms with van der Waals surface area (Å²) < 4.78 is 41.4. The molecule has 50 valence electrons. The molecule has 0 amide bonds. The summed E-state index contributed by atoms with van der Waals surface area (Å²) in [5.41, 5.74) is 0. The molecule has 0 spiro atoms. The van der Waals surface area contributed by atoms with Crippen molar-refractivity contribution in [3.8, 4) is 0 Å². The first kappa shape index (κ1) is 8.02. The van der Waals surface area contributed by atoms with Gasteiger partial charge in [0.15, 0.2) is 4.75 Å². The number of nitrogens with zero attached hydrogens (tertiary/aromatic N) is 1. The molecule has 0 aromatic heterocycles. The molecule has 0 aliphatic rings. The zero-order valence-electron chi connectivity index (χ0n) is 3.21. The Bertz CT molecular complexity index is 151. The summed E-state index contributed by atoms with van der Waals surface area (Å²) in [6, 6.07) is 0. The van der Waals surface area contributed by atoms with Crippen LogP contribution in [-0.2, 0) is 14.0 Å². The van der Waals surface area contributed by atoms with Crippen molar-refractivity contribution in [1.82, 2.24) is 4.75 Å². The van der Waals surface area contributed by atoms with Crippen molar-refractivity contribution in [3.05, 3.63) is 0 Å². The van der Waals surface area contributed by atoms with Gasteiger partial charge in [0.1, 0.15) is 0 Å². The first-order valence-corrected chi connectivity index (χ1v) is 2.85. The summed E-state index contributed by atoms with van der Waals surface area (Å²) in [6.07, 6.45) is 0. The summed E-state index contributed by atoms with van der Waals surface area (Å²) in [5.74, 6) is 0. The molecule has 0 atom stereocenters. The highest BCUT2D eigenvalue weighted by atomic mass is 35.5. The van der Waals surface area contributed by atoms with E-state index in [1.165, 1.54) is 0 Å². The molecule has 8 heteroatoms. The number of hydrogen-bond donors (Lipinski definition) is 0. The monoisotopic (exact) mass is 167 g/mol. The molecular weight excluding hydrogens is 168 g/mol. The zero-order valence-corrected chi connectivity index (χ0v) is 4.79. The van der Waals surface area contributed by atoms with Crippen LogP contribution in [0.4, 0.5) is 8.96 Å². The van der Waals surface area contributed by atoms with Crippen LogP contribution >= 0.6 is 11.9 Å². The van der Waals surface area contributed by atoms with E-state index in [1.807, 2.05) is 0 Å². The van der Waals surface area contributed by atoms with Crippen LogP contribution in [0.1, 0.15) is 0 Å². The van der Waals surface area contributed by atoms with Crippen LogP contribution in [0, 0.1) is 0 Å². The smallest absolute Gasteiger partial charge is 0.175 e. The fourth-order valence-corrected chi connectivity index (χ4v) is 0.192. The fraction of sp³-hybridized carbons (Fsp3) is 0. The van der Waals surface area contributed by atoms with E-state index in [1.54, 1.807) is 0 Å². The van der Waals surface area contributed by atoms with Gasteiger partial charge in [0, 0.05) is 0 Å². The average Bonchev–Trinajstić information content (AvgIpc) is 1.67. The lowest BCUT2D eigenvalue weighted by atomic mass is 13.6. The van der Waals surface area contributed by atoms with Crippen molar-refractivity contribution in [2.75, 3.05) is 0 Å². The first-order chi connectivity index (χ1) is 3.50. The van der Waals surface area contributed by atoms with E-state index in [0.717, 1.165) is 0 Å². The lowest BCUT2D eigenvalue weighted by molar-refractivity contribution is -0.0615. The number of hydrogen-bond acceptors (Lipinski definition) is 3. The Balaban J connectivity index is 4.17. The van der Waals surface area contributed by atoms with Crippen LogP contribution in [0.5, 0.6) is 0 Å². The maximum absolute atomic E-state index is 10.8. The Kier molecular flexibility index (Phi) is 2.54. The summed E-state index contributed by atoms with van der Waals surface area (Å²) >= 11 is 4.08. The van der Waals surface area contributed by atoms with Gasteiger partial charge in [-0.1, -0.05) is 8.96 Å². The molecule has 8 heavy (non-hydrogen) atoms. The molecule has 0 rings (SSSR count). The van der Waals surface area contributed by atoms with Crippen LogP contribution in [0.3, 0.4) is 0 Å². The zero-order chi connectivity index (χ0) is 6.78. The van der Waals surface area contributed by atoms with Gasteiger partial charge >= 0.3 is 10.3 Å². The van der Waals surface area contributed by atoms with E-state index in [0.29, 0.717) is 0 Å². The molecule has 0 unspecified atom stereocenters.